The van der Waals surface area contributed by atoms with E-state index in [1.807, 2.05) is 6.07 Å². The molecule has 0 aliphatic carbocycles. The molecule has 0 spiro atoms. The topological polar surface area (TPSA) is 54.0 Å². The number of pyridine rings is 1. The molecule has 2 aromatic rings. The van der Waals surface area contributed by atoms with E-state index in [-0.39, 0.29) is 6.42 Å². The van der Waals surface area contributed by atoms with Crippen LogP contribution in [0.25, 0.3) is 5.65 Å². The van der Waals surface area contributed by atoms with Crippen molar-refractivity contribution in [3.05, 3.63) is 29.2 Å². The standard InChI is InChI=1S/C8H5ClN4/c9-6-1-2-8-11-7(3-4-10)12-13(8)5-6/h1-2,5H,3H2. The Bertz CT molecular complexity index is 482. The number of rotatable bonds is 1. The van der Waals surface area contributed by atoms with E-state index in [1.165, 1.54) is 0 Å². The van der Waals surface area contributed by atoms with Crippen LogP contribution in [-0.2, 0) is 6.42 Å². The summed E-state index contributed by atoms with van der Waals surface area (Å²) < 4.78 is 1.56. The summed E-state index contributed by atoms with van der Waals surface area (Å²) in [6.07, 6.45) is 1.88. The van der Waals surface area contributed by atoms with Crippen molar-refractivity contribution in [1.29, 1.82) is 5.26 Å². The summed E-state index contributed by atoms with van der Waals surface area (Å²) in [5.74, 6) is 0.518. The predicted octanol–water partition coefficient (Wildman–Crippen LogP) is 1.45. The van der Waals surface area contributed by atoms with Gasteiger partial charge in [0.1, 0.15) is 0 Å². The third kappa shape index (κ3) is 1.46. The average molecular weight is 193 g/mol. The molecule has 0 saturated heterocycles. The van der Waals surface area contributed by atoms with E-state index < -0.39 is 0 Å². The van der Waals surface area contributed by atoms with E-state index in [9.17, 15) is 0 Å². The molecule has 0 aromatic carbocycles. The minimum absolute atomic E-state index is 0.222. The van der Waals surface area contributed by atoms with E-state index in [1.54, 1.807) is 22.8 Å². The normalized spacial score (nSPS) is 10.2. The van der Waals surface area contributed by atoms with Crippen molar-refractivity contribution >= 4 is 17.2 Å². The molecule has 5 heteroatoms. The van der Waals surface area contributed by atoms with Crippen molar-refractivity contribution in [3.8, 4) is 6.07 Å². The predicted molar refractivity (Wildman–Crippen MR) is 47.3 cm³/mol. The molecule has 0 aliphatic heterocycles. The molecule has 0 unspecified atom stereocenters. The molecule has 2 aromatic heterocycles. The van der Waals surface area contributed by atoms with Gasteiger partial charge in [-0.25, -0.2) is 9.50 Å². The van der Waals surface area contributed by atoms with Crippen LogP contribution in [0.5, 0.6) is 0 Å². The van der Waals surface area contributed by atoms with E-state index in [0.717, 1.165) is 0 Å². The second-order valence-electron chi connectivity index (χ2n) is 2.51. The minimum atomic E-state index is 0.222. The van der Waals surface area contributed by atoms with Gasteiger partial charge in [-0.3, -0.25) is 0 Å². The molecule has 0 radical (unpaired) electrons. The molecule has 64 valence electrons. The first-order valence-electron chi connectivity index (χ1n) is 3.67. The number of fused-ring (bicyclic) bond motifs is 1. The lowest BCUT2D eigenvalue weighted by atomic mass is 10.4. The van der Waals surface area contributed by atoms with Gasteiger partial charge in [0.05, 0.1) is 17.5 Å². The van der Waals surface area contributed by atoms with Crippen LogP contribution in [0.2, 0.25) is 5.02 Å². The van der Waals surface area contributed by atoms with E-state index in [2.05, 4.69) is 10.1 Å². The third-order valence-corrected chi connectivity index (χ3v) is 1.80. The fourth-order valence-corrected chi connectivity index (χ4v) is 1.21. The van der Waals surface area contributed by atoms with Crippen LogP contribution in [0.3, 0.4) is 0 Å². The van der Waals surface area contributed by atoms with Gasteiger partial charge >= 0.3 is 0 Å². The van der Waals surface area contributed by atoms with Gasteiger partial charge in [-0.15, -0.1) is 0 Å². The summed E-state index contributed by atoms with van der Waals surface area (Å²) in [6, 6.07) is 5.49. The lowest BCUT2D eigenvalue weighted by Gasteiger charge is -1.89. The van der Waals surface area contributed by atoms with Gasteiger partial charge in [0.2, 0.25) is 0 Å². The molecule has 13 heavy (non-hydrogen) atoms. The molecule has 2 rings (SSSR count). The zero-order chi connectivity index (χ0) is 9.26. The quantitative estimate of drug-likeness (QED) is 0.687. The van der Waals surface area contributed by atoms with Crippen molar-refractivity contribution < 1.29 is 0 Å². The highest BCUT2D eigenvalue weighted by atomic mass is 35.5. The Kier molecular flexibility index (Phi) is 1.87. The summed E-state index contributed by atoms with van der Waals surface area (Å²) >= 11 is 5.75. The zero-order valence-corrected chi connectivity index (χ0v) is 7.36. The van der Waals surface area contributed by atoms with Crippen LogP contribution < -0.4 is 0 Å². The van der Waals surface area contributed by atoms with Crippen molar-refractivity contribution in [1.82, 2.24) is 14.6 Å². The Morgan fingerprint density at radius 3 is 3.15 bits per heavy atom. The van der Waals surface area contributed by atoms with Gasteiger partial charge in [0.15, 0.2) is 11.5 Å². The van der Waals surface area contributed by atoms with E-state index in [0.29, 0.717) is 16.5 Å². The number of halogens is 1. The van der Waals surface area contributed by atoms with Gasteiger partial charge in [-0.1, -0.05) is 11.6 Å². The van der Waals surface area contributed by atoms with Crippen molar-refractivity contribution in [2.75, 3.05) is 0 Å². The molecule has 0 atom stereocenters. The first-order chi connectivity index (χ1) is 6.29. The SMILES string of the molecule is N#CCc1nc2ccc(Cl)cn2n1. The molecule has 0 N–H and O–H groups in total. The van der Waals surface area contributed by atoms with Gasteiger partial charge in [-0.05, 0) is 12.1 Å². The van der Waals surface area contributed by atoms with E-state index in [4.69, 9.17) is 16.9 Å². The van der Waals surface area contributed by atoms with Crippen LogP contribution in [-0.4, -0.2) is 14.6 Å². The maximum Gasteiger partial charge on any atom is 0.165 e. The molecular weight excluding hydrogens is 188 g/mol. The van der Waals surface area contributed by atoms with Gasteiger partial charge in [0, 0.05) is 6.20 Å². The summed E-state index contributed by atoms with van der Waals surface area (Å²) in [5.41, 5.74) is 0.703. The first kappa shape index (κ1) is 8.02. The summed E-state index contributed by atoms with van der Waals surface area (Å²) in [5, 5.41) is 13.1. The average Bonchev–Trinajstić information content (AvgIpc) is 2.46. The second kappa shape index (κ2) is 3.04. The van der Waals surface area contributed by atoms with Crippen molar-refractivity contribution in [2.24, 2.45) is 0 Å². The first-order valence-corrected chi connectivity index (χ1v) is 4.05. The maximum absolute atomic E-state index is 8.43. The van der Waals surface area contributed by atoms with Crippen LogP contribution in [0.15, 0.2) is 18.3 Å². The monoisotopic (exact) mass is 192 g/mol. The minimum Gasteiger partial charge on any atom is -0.219 e. The molecular formula is C8H5ClN4. The molecule has 0 bridgehead atoms. The Balaban J connectivity index is 2.57. The van der Waals surface area contributed by atoms with Gasteiger partial charge < -0.3 is 0 Å². The zero-order valence-electron chi connectivity index (χ0n) is 6.61. The highest BCUT2D eigenvalue weighted by Crippen LogP contribution is 2.09. The number of hydrogen-bond donors (Lipinski definition) is 0. The second-order valence-corrected chi connectivity index (χ2v) is 2.95. The van der Waals surface area contributed by atoms with Gasteiger partial charge in [0.25, 0.3) is 0 Å². The third-order valence-electron chi connectivity index (χ3n) is 1.58. The smallest absolute Gasteiger partial charge is 0.165 e. The van der Waals surface area contributed by atoms with Crippen molar-refractivity contribution in [2.45, 2.75) is 6.42 Å². The Labute approximate surface area is 79.4 Å². The molecule has 0 saturated carbocycles. The fraction of sp³-hybridized carbons (Fsp3) is 0.125. The largest absolute Gasteiger partial charge is 0.219 e. The molecule has 2 heterocycles. The van der Waals surface area contributed by atoms with Crippen LogP contribution in [0.1, 0.15) is 5.82 Å². The number of aromatic nitrogens is 3. The Hall–Kier alpha value is -1.60. The number of nitrogens with zero attached hydrogens (tertiary/aromatic N) is 4. The highest BCUT2D eigenvalue weighted by molar-refractivity contribution is 6.30. The molecule has 4 nitrogen and oxygen atoms in total. The van der Waals surface area contributed by atoms with Gasteiger partial charge in [-0.2, -0.15) is 10.4 Å². The number of hydrogen-bond acceptors (Lipinski definition) is 3. The van der Waals surface area contributed by atoms with Crippen LogP contribution in [0.4, 0.5) is 0 Å². The molecule has 0 fully saturated rings. The van der Waals surface area contributed by atoms with E-state index >= 15 is 0 Å². The summed E-state index contributed by atoms with van der Waals surface area (Å²) in [7, 11) is 0. The summed E-state index contributed by atoms with van der Waals surface area (Å²) in [4.78, 5) is 4.11. The maximum atomic E-state index is 8.43. The lowest BCUT2D eigenvalue weighted by molar-refractivity contribution is 0.911. The molecule has 0 aliphatic rings. The Morgan fingerprint density at radius 1 is 1.54 bits per heavy atom. The summed E-state index contributed by atoms with van der Waals surface area (Å²) in [6.45, 7) is 0. The lowest BCUT2D eigenvalue weighted by Crippen LogP contribution is -1.87. The van der Waals surface area contributed by atoms with Crippen LogP contribution in [0, 0.1) is 11.3 Å². The van der Waals surface area contributed by atoms with Crippen LogP contribution >= 0.6 is 11.6 Å². The number of nitriles is 1. The fourth-order valence-electron chi connectivity index (χ4n) is 1.05. The molecule has 0 amide bonds. The highest BCUT2D eigenvalue weighted by Gasteiger charge is 2.02. The Morgan fingerprint density at radius 2 is 2.38 bits per heavy atom. The van der Waals surface area contributed by atoms with Crippen molar-refractivity contribution in [3.63, 3.8) is 0 Å².